The van der Waals surface area contributed by atoms with Crippen molar-refractivity contribution in [1.82, 2.24) is 4.90 Å². The normalized spacial score (nSPS) is 30.2. The Kier molecular flexibility index (Phi) is 10.7. The predicted molar refractivity (Wildman–Crippen MR) is 175 cm³/mol. The zero-order valence-electron chi connectivity index (χ0n) is 29.1. The van der Waals surface area contributed by atoms with E-state index >= 15 is 0 Å². The lowest BCUT2D eigenvalue weighted by Gasteiger charge is -2.59. The van der Waals surface area contributed by atoms with Crippen LogP contribution in [0.2, 0.25) is 0 Å². The number of rotatable bonds is 13. The van der Waals surface area contributed by atoms with Gasteiger partial charge in [-0.25, -0.2) is 0 Å². The Labute approximate surface area is 262 Å². The molecule has 1 saturated carbocycles. The Morgan fingerprint density at radius 3 is 2.21 bits per heavy atom. The van der Waals surface area contributed by atoms with Crippen LogP contribution < -0.4 is 0 Å². The Morgan fingerprint density at radius 2 is 1.67 bits per heavy atom. The maximum Gasteiger partial charge on any atom is 0.222 e. The second-order valence-corrected chi connectivity index (χ2v) is 16.6. The fourth-order valence-corrected chi connectivity index (χ4v) is 8.57. The molecule has 3 aliphatic rings. The number of carbonyl (C=O) groups excluding carboxylic acids is 3. The molecule has 0 aromatic carbocycles. The summed E-state index contributed by atoms with van der Waals surface area (Å²) >= 11 is 0. The third-order valence-corrected chi connectivity index (χ3v) is 12.4. The van der Waals surface area contributed by atoms with Crippen LogP contribution >= 0.6 is 0 Å². The molecule has 5 atom stereocenters. The first-order valence-electron chi connectivity index (χ1n) is 17.0. The molecule has 0 N–H and O–H groups in total. The minimum Gasteiger partial charge on any atom is -0.343 e. The fraction of sp³-hybridized carbons (Fsp3) is 0.789. The third-order valence-electron chi connectivity index (χ3n) is 12.4. The first-order chi connectivity index (χ1) is 19.8. The second kappa shape index (κ2) is 13.0. The van der Waals surface area contributed by atoms with Crippen molar-refractivity contribution < 1.29 is 14.4 Å². The minimum atomic E-state index is -0.522. The third kappa shape index (κ3) is 7.37. The van der Waals surface area contributed by atoms with Gasteiger partial charge >= 0.3 is 0 Å². The molecule has 43 heavy (non-hydrogen) atoms. The number of Topliss-reactive ketones (excluding diaryl/α,β-unsaturated/α-hetero) is 1. The summed E-state index contributed by atoms with van der Waals surface area (Å²) in [5, 5.41) is 9.85. The van der Waals surface area contributed by atoms with E-state index in [-0.39, 0.29) is 50.6 Å². The van der Waals surface area contributed by atoms with Gasteiger partial charge in [-0.05, 0) is 98.4 Å². The summed E-state index contributed by atoms with van der Waals surface area (Å²) in [5.41, 5.74) is 0.696. The molecule has 240 valence electrons. The van der Waals surface area contributed by atoms with Gasteiger partial charge in [0.1, 0.15) is 6.07 Å². The molecule has 5 heteroatoms. The number of nitriles is 1. The Hall–Kier alpha value is -2.22. The van der Waals surface area contributed by atoms with Gasteiger partial charge in [0.05, 0.1) is 5.57 Å². The summed E-state index contributed by atoms with van der Waals surface area (Å²) in [7, 11) is 0. The highest BCUT2D eigenvalue weighted by Gasteiger charge is 2.58. The van der Waals surface area contributed by atoms with Crippen molar-refractivity contribution in [2.45, 2.75) is 140 Å². The maximum absolute atomic E-state index is 13.0. The molecule has 0 aromatic rings. The standard InChI is InChI=1S/C38H60N2O3/c1-11-15-34(4,5)18-20-36(8,16-14-32(42)40-22-12-23-40)21-19-35(6,7)38(10)17-13-30-28(3)33(43)29(26-39)25-37(30,9)31(38)24-27(2)41/h24-25,28,30H,11-23H2,1-10H3/b31-24-/t28-,30-,36-,37-,38+/m0/s1. The molecule has 1 heterocycles. The number of allylic oxidation sites excluding steroid dienone is 4. The van der Waals surface area contributed by atoms with Crippen LogP contribution in [0.25, 0.3) is 0 Å². The van der Waals surface area contributed by atoms with E-state index in [1.807, 2.05) is 24.0 Å². The molecule has 1 amide bonds. The van der Waals surface area contributed by atoms with Crippen LogP contribution in [0.3, 0.4) is 0 Å². The summed E-state index contributed by atoms with van der Waals surface area (Å²) in [6.45, 7) is 24.0. The molecular weight excluding hydrogens is 532 g/mol. The highest BCUT2D eigenvalue weighted by molar-refractivity contribution is 6.02. The molecule has 0 spiro atoms. The second-order valence-electron chi connectivity index (χ2n) is 16.6. The number of likely N-dealkylation sites (tertiary alicyclic amines) is 1. The number of amides is 1. The molecule has 2 fully saturated rings. The van der Waals surface area contributed by atoms with E-state index in [1.165, 1.54) is 12.8 Å². The monoisotopic (exact) mass is 592 g/mol. The lowest BCUT2D eigenvalue weighted by atomic mass is 9.44. The van der Waals surface area contributed by atoms with Crippen LogP contribution in [0.1, 0.15) is 140 Å². The molecule has 3 rings (SSSR count). The first kappa shape index (κ1) is 35.3. The van der Waals surface area contributed by atoms with Gasteiger partial charge in [-0.1, -0.05) is 80.4 Å². The average Bonchev–Trinajstić information content (AvgIpc) is 2.88. The van der Waals surface area contributed by atoms with E-state index in [2.05, 4.69) is 61.5 Å². The van der Waals surface area contributed by atoms with Gasteiger partial charge in [0, 0.05) is 30.8 Å². The van der Waals surface area contributed by atoms with Gasteiger partial charge in [-0.3, -0.25) is 14.4 Å². The molecule has 1 aliphatic heterocycles. The lowest BCUT2D eigenvalue weighted by Crippen LogP contribution is -2.52. The van der Waals surface area contributed by atoms with Gasteiger partial charge in [-0.2, -0.15) is 5.26 Å². The maximum atomic E-state index is 13.0. The van der Waals surface area contributed by atoms with Crippen molar-refractivity contribution in [3.63, 3.8) is 0 Å². The van der Waals surface area contributed by atoms with Gasteiger partial charge in [0.25, 0.3) is 0 Å². The molecule has 0 radical (unpaired) electrons. The molecule has 5 nitrogen and oxygen atoms in total. The van der Waals surface area contributed by atoms with E-state index in [1.54, 1.807) is 6.92 Å². The van der Waals surface area contributed by atoms with Crippen molar-refractivity contribution in [3.05, 3.63) is 23.3 Å². The van der Waals surface area contributed by atoms with Crippen LogP contribution in [-0.2, 0) is 14.4 Å². The highest BCUT2D eigenvalue weighted by Crippen LogP contribution is 2.65. The largest absolute Gasteiger partial charge is 0.343 e. The van der Waals surface area contributed by atoms with Crippen LogP contribution in [0.5, 0.6) is 0 Å². The number of fused-ring (bicyclic) bond motifs is 1. The Balaban J connectivity index is 1.93. The lowest BCUT2D eigenvalue weighted by molar-refractivity contribution is -0.135. The number of hydrogen-bond acceptors (Lipinski definition) is 4. The van der Waals surface area contributed by atoms with E-state index in [4.69, 9.17) is 0 Å². The van der Waals surface area contributed by atoms with Crippen LogP contribution in [0.15, 0.2) is 23.3 Å². The van der Waals surface area contributed by atoms with E-state index in [9.17, 15) is 19.6 Å². The van der Waals surface area contributed by atoms with E-state index in [0.717, 1.165) is 70.0 Å². The average molecular weight is 593 g/mol. The number of nitrogens with zero attached hydrogens (tertiary/aromatic N) is 2. The Morgan fingerprint density at radius 1 is 1.05 bits per heavy atom. The molecule has 0 aromatic heterocycles. The summed E-state index contributed by atoms with van der Waals surface area (Å²) in [6, 6.07) is 2.17. The molecular formula is C38H60N2O3. The summed E-state index contributed by atoms with van der Waals surface area (Å²) in [4.78, 5) is 40.7. The van der Waals surface area contributed by atoms with Crippen molar-refractivity contribution in [3.8, 4) is 6.07 Å². The summed E-state index contributed by atoms with van der Waals surface area (Å²) in [5.74, 6) is 0.0828. The van der Waals surface area contributed by atoms with Crippen molar-refractivity contribution >= 4 is 17.5 Å². The fourth-order valence-electron chi connectivity index (χ4n) is 8.57. The first-order valence-corrected chi connectivity index (χ1v) is 17.0. The summed E-state index contributed by atoms with van der Waals surface area (Å²) < 4.78 is 0. The molecule has 2 aliphatic carbocycles. The minimum absolute atomic E-state index is 0.0165. The topological polar surface area (TPSA) is 78.2 Å². The molecule has 0 unspecified atom stereocenters. The number of hydrogen-bond donors (Lipinski definition) is 0. The Bertz CT molecular complexity index is 1180. The van der Waals surface area contributed by atoms with Gasteiger partial charge < -0.3 is 4.90 Å². The molecule has 1 saturated heterocycles. The number of carbonyl (C=O) groups is 3. The summed E-state index contributed by atoms with van der Waals surface area (Å²) in [6.07, 6.45) is 14.8. The molecule has 0 bridgehead atoms. The smallest absolute Gasteiger partial charge is 0.222 e. The van der Waals surface area contributed by atoms with E-state index < -0.39 is 5.41 Å². The van der Waals surface area contributed by atoms with Crippen LogP contribution in [0, 0.1) is 50.2 Å². The van der Waals surface area contributed by atoms with Crippen molar-refractivity contribution in [2.75, 3.05) is 13.1 Å². The van der Waals surface area contributed by atoms with Crippen LogP contribution in [-0.4, -0.2) is 35.5 Å². The van der Waals surface area contributed by atoms with Gasteiger partial charge in [-0.15, -0.1) is 0 Å². The van der Waals surface area contributed by atoms with Crippen LogP contribution in [0.4, 0.5) is 0 Å². The van der Waals surface area contributed by atoms with Gasteiger partial charge in [0.15, 0.2) is 11.6 Å². The van der Waals surface area contributed by atoms with Crippen molar-refractivity contribution in [1.29, 1.82) is 5.26 Å². The SMILES string of the molecule is CCCC(C)(C)CC[C@](C)(CCC(=O)N1CCC1)CCC(C)(C)[C@]1(C)CC[C@H]2[C@H](C)C(=O)C(C#N)=C[C@]2(C)/C1=C/C(C)=O. The van der Waals surface area contributed by atoms with Crippen molar-refractivity contribution in [2.24, 2.45) is 38.9 Å². The predicted octanol–water partition coefficient (Wildman–Crippen LogP) is 9.02. The number of ketones is 2. The zero-order chi connectivity index (χ0) is 32.4. The quantitative estimate of drug-likeness (QED) is 0.200. The van der Waals surface area contributed by atoms with E-state index in [0.29, 0.717) is 12.3 Å². The zero-order valence-corrected chi connectivity index (χ0v) is 29.1. The van der Waals surface area contributed by atoms with Gasteiger partial charge in [0.2, 0.25) is 5.91 Å². The highest BCUT2D eigenvalue weighted by atomic mass is 16.2.